The monoisotopic (exact) mass is 385 g/mol. The molecule has 0 amide bonds. The number of aromatic carboxylic acids is 1. The zero-order chi connectivity index (χ0) is 20.6. The van der Waals surface area contributed by atoms with Crippen molar-refractivity contribution in [3.63, 3.8) is 0 Å². The normalized spacial score (nSPS) is 15.6. The molecule has 28 heavy (non-hydrogen) atoms. The number of hydrogen-bond donors (Lipinski definition) is 1. The third-order valence-electron chi connectivity index (χ3n) is 4.97. The summed E-state index contributed by atoms with van der Waals surface area (Å²) in [4.78, 5) is 23.9. The van der Waals surface area contributed by atoms with Crippen LogP contribution < -0.4 is 14.9 Å². The van der Waals surface area contributed by atoms with Crippen LogP contribution in [0.1, 0.15) is 49.7 Å². The fourth-order valence-electron chi connectivity index (χ4n) is 3.37. The Labute approximate surface area is 164 Å². The van der Waals surface area contributed by atoms with E-state index in [2.05, 4.69) is 27.7 Å². The number of ether oxygens (including phenoxy) is 2. The van der Waals surface area contributed by atoms with Gasteiger partial charge in [-0.1, -0.05) is 27.7 Å². The van der Waals surface area contributed by atoms with Crippen LogP contribution in [0.25, 0.3) is 11.3 Å². The van der Waals surface area contributed by atoms with E-state index in [1.54, 1.807) is 0 Å². The van der Waals surface area contributed by atoms with Gasteiger partial charge in [0, 0.05) is 23.9 Å². The molecule has 0 bridgehead atoms. The van der Waals surface area contributed by atoms with Gasteiger partial charge in [0.25, 0.3) is 0 Å². The van der Waals surface area contributed by atoms with Gasteiger partial charge >= 0.3 is 5.97 Å². The summed E-state index contributed by atoms with van der Waals surface area (Å²) in [6, 6.07) is 5.12. The average molecular weight is 385 g/mol. The van der Waals surface area contributed by atoms with Crippen LogP contribution in [0.5, 0.6) is 11.5 Å². The summed E-state index contributed by atoms with van der Waals surface area (Å²) >= 11 is 0. The molecular weight excluding hydrogens is 358 g/mol. The van der Waals surface area contributed by atoms with Crippen LogP contribution >= 0.6 is 0 Å². The van der Waals surface area contributed by atoms with Gasteiger partial charge in [-0.2, -0.15) is 0 Å². The largest absolute Gasteiger partial charge is 0.493 e. The number of hydrogen-bond acceptors (Lipinski definition) is 4. The Kier molecular flexibility index (Phi) is 5.49. The Hall–Kier alpha value is -2.76. The quantitative estimate of drug-likeness (QED) is 0.837. The van der Waals surface area contributed by atoms with Crippen molar-refractivity contribution in [3.05, 3.63) is 45.7 Å². The van der Waals surface area contributed by atoms with Crippen LogP contribution in [0, 0.1) is 18.8 Å². The van der Waals surface area contributed by atoms with Crippen molar-refractivity contribution in [2.75, 3.05) is 13.2 Å². The van der Waals surface area contributed by atoms with Gasteiger partial charge in [-0.05, 0) is 30.4 Å². The number of carboxylic acid groups (broad SMARTS) is 1. The molecule has 0 fully saturated rings. The van der Waals surface area contributed by atoms with Crippen LogP contribution in [0.3, 0.4) is 0 Å². The lowest BCUT2D eigenvalue weighted by Crippen LogP contribution is -2.25. The number of aryl methyl sites for hydroxylation is 1. The van der Waals surface area contributed by atoms with Gasteiger partial charge in [0.15, 0.2) is 5.43 Å². The third kappa shape index (κ3) is 3.77. The molecule has 6 nitrogen and oxygen atoms in total. The molecule has 0 unspecified atom stereocenters. The van der Waals surface area contributed by atoms with Crippen molar-refractivity contribution in [2.45, 2.75) is 40.7 Å². The molecule has 0 radical (unpaired) electrons. The first-order valence-corrected chi connectivity index (χ1v) is 9.59. The number of nitrogens with zero attached hydrogens (tertiary/aromatic N) is 1. The zero-order valence-corrected chi connectivity index (χ0v) is 17.0. The lowest BCUT2D eigenvalue weighted by Gasteiger charge is -2.24. The van der Waals surface area contributed by atoms with Gasteiger partial charge in [-0.25, -0.2) is 4.79 Å². The zero-order valence-electron chi connectivity index (χ0n) is 17.0. The van der Waals surface area contributed by atoms with Crippen LogP contribution in [-0.2, 0) is 0 Å². The van der Waals surface area contributed by atoms with Gasteiger partial charge < -0.3 is 19.1 Å². The number of carbonyl (C=O) groups is 1. The van der Waals surface area contributed by atoms with E-state index < -0.39 is 11.4 Å². The Morgan fingerprint density at radius 2 is 2.00 bits per heavy atom. The summed E-state index contributed by atoms with van der Waals surface area (Å²) in [7, 11) is 0. The predicted molar refractivity (Wildman–Crippen MR) is 108 cm³/mol. The van der Waals surface area contributed by atoms with Crippen molar-refractivity contribution in [3.8, 4) is 22.8 Å². The van der Waals surface area contributed by atoms with E-state index in [0.29, 0.717) is 30.6 Å². The van der Waals surface area contributed by atoms with Gasteiger partial charge in [0.1, 0.15) is 23.7 Å². The fraction of sp³-hybridized carbons (Fsp3) is 0.455. The smallest absolute Gasteiger partial charge is 0.341 e. The lowest BCUT2D eigenvalue weighted by molar-refractivity contribution is 0.0694. The molecule has 0 saturated heterocycles. The molecule has 0 aliphatic carbocycles. The minimum Gasteiger partial charge on any atom is -0.493 e. The van der Waals surface area contributed by atoms with E-state index >= 15 is 0 Å². The molecular formula is C22H27NO5. The highest BCUT2D eigenvalue weighted by molar-refractivity contribution is 5.87. The average Bonchev–Trinajstić information content (AvgIpc) is 2.75. The summed E-state index contributed by atoms with van der Waals surface area (Å²) in [5.74, 6) is 0.769. The maximum atomic E-state index is 12.4. The molecule has 1 N–H and O–H groups in total. The minimum absolute atomic E-state index is 0.0959. The van der Waals surface area contributed by atoms with Crippen LogP contribution in [-0.4, -0.2) is 28.9 Å². The number of carboxylic acids is 1. The second-order valence-corrected chi connectivity index (χ2v) is 8.09. The number of pyridine rings is 1. The fourth-order valence-corrected chi connectivity index (χ4v) is 3.37. The van der Waals surface area contributed by atoms with Gasteiger partial charge in [0.2, 0.25) is 0 Å². The first-order valence-electron chi connectivity index (χ1n) is 9.59. The second kappa shape index (κ2) is 7.70. The topological polar surface area (TPSA) is 77.8 Å². The maximum absolute atomic E-state index is 12.4. The first kappa shape index (κ1) is 20.0. The second-order valence-electron chi connectivity index (χ2n) is 8.09. The van der Waals surface area contributed by atoms with Crippen molar-refractivity contribution in [2.24, 2.45) is 11.8 Å². The SMILES string of the molecule is Cc1cc2c(cc1OCC(C)C)OC[C@@H](C(C)C)n1cc(C(=O)O)c(=O)cc1-2. The molecule has 0 saturated carbocycles. The highest BCUT2D eigenvalue weighted by Gasteiger charge is 2.27. The molecule has 2 heterocycles. The summed E-state index contributed by atoms with van der Waals surface area (Å²) in [6.07, 6.45) is 1.45. The number of aromatic nitrogens is 1. The Morgan fingerprint density at radius 3 is 2.61 bits per heavy atom. The molecule has 1 atom stereocenters. The van der Waals surface area contributed by atoms with Crippen LogP contribution in [0.2, 0.25) is 0 Å². The highest BCUT2D eigenvalue weighted by Crippen LogP contribution is 2.40. The van der Waals surface area contributed by atoms with E-state index in [1.807, 2.05) is 23.6 Å². The maximum Gasteiger partial charge on any atom is 0.341 e. The van der Waals surface area contributed by atoms with Crippen LogP contribution in [0.15, 0.2) is 29.2 Å². The van der Waals surface area contributed by atoms with E-state index in [1.165, 1.54) is 12.3 Å². The van der Waals surface area contributed by atoms with Crippen molar-refractivity contribution in [1.29, 1.82) is 0 Å². The molecule has 1 aliphatic rings. The van der Waals surface area contributed by atoms with Crippen molar-refractivity contribution < 1.29 is 19.4 Å². The summed E-state index contributed by atoms with van der Waals surface area (Å²) < 4.78 is 13.9. The van der Waals surface area contributed by atoms with E-state index in [0.717, 1.165) is 16.9 Å². The Bertz CT molecular complexity index is 958. The van der Waals surface area contributed by atoms with E-state index in [9.17, 15) is 14.7 Å². The Balaban J connectivity index is 2.19. The first-order chi connectivity index (χ1) is 13.2. The molecule has 1 aromatic carbocycles. The number of benzene rings is 1. The molecule has 150 valence electrons. The molecule has 2 aromatic rings. The molecule has 6 heteroatoms. The summed E-state index contributed by atoms with van der Waals surface area (Å²) in [6.45, 7) is 11.2. The minimum atomic E-state index is -1.22. The van der Waals surface area contributed by atoms with Gasteiger partial charge in [-0.15, -0.1) is 0 Å². The number of fused-ring (bicyclic) bond motifs is 3. The molecule has 3 rings (SSSR count). The highest BCUT2D eigenvalue weighted by atomic mass is 16.5. The standard InChI is InChI=1S/C22H27NO5/c1-12(2)10-27-20-8-21-15(6-14(20)5)17-7-19(24)16(22(25)26)9-23(17)18(11-28-21)13(3)4/h6-9,12-13,18H,10-11H2,1-5H3,(H,25,26)/t18-/m0/s1. The van der Waals surface area contributed by atoms with E-state index in [-0.39, 0.29) is 17.5 Å². The van der Waals surface area contributed by atoms with Crippen LogP contribution in [0.4, 0.5) is 0 Å². The summed E-state index contributed by atoms with van der Waals surface area (Å²) in [5, 5.41) is 9.38. The van der Waals surface area contributed by atoms with Gasteiger partial charge in [0.05, 0.1) is 18.3 Å². The number of rotatable bonds is 5. The van der Waals surface area contributed by atoms with E-state index in [4.69, 9.17) is 9.47 Å². The third-order valence-corrected chi connectivity index (χ3v) is 4.97. The molecule has 0 spiro atoms. The molecule has 1 aromatic heterocycles. The summed E-state index contributed by atoms with van der Waals surface area (Å²) in [5.41, 5.74) is 1.64. The predicted octanol–water partition coefficient (Wildman–Crippen LogP) is 4.15. The van der Waals surface area contributed by atoms with Crippen molar-refractivity contribution >= 4 is 5.97 Å². The van der Waals surface area contributed by atoms with Gasteiger partial charge in [-0.3, -0.25) is 4.79 Å². The lowest BCUT2D eigenvalue weighted by atomic mass is 10.0. The van der Waals surface area contributed by atoms with Crippen molar-refractivity contribution in [1.82, 2.24) is 4.57 Å². The molecule has 1 aliphatic heterocycles. The Morgan fingerprint density at radius 1 is 1.29 bits per heavy atom.